The first kappa shape index (κ1) is 17.3. The Labute approximate surface area is 128 Å². The molecule has 0 aromatic heterocycles. The SMILES string of the molecule is COCCCCCNC(=O)Nc1ccc(Cl)cc1C(=O)O. The summed E-state index contributed by atoms with van der Waals surface area (Å²) >= 11 is 5.74. The van der Waals surface area contributed by atoms with Crippen molar-refractivity contribution in [2.24, 2.45) is 0 Å². The van der Waals surface area contributed by atoms with E-state index in [1.165, 1.54) is 18.2 Å². The molecule has 0 unspecified atom stereocenters. The van der Waals surface area contributed by atoms with E-state index in [9.17, 15) is 9.59 Å². The number of nitrogens with one attached hydrogen (secondary N) is 2. The highest BCUT2D eigenvalue weighted by atomic mass is 35.5. The van der Waals surface area contributed by atoms with Gasteiger partial charge in [0.15, 0.2) is 0 Å². The van der Waals surface area contributed by atoms with E-state index < -0.39 is 12.0 Å². The second-order valence-electron chi connectivity index (χ2n) is 4.43. The molecule has 0 saturated heterocycles. The maximum absolute atomic E-state index is 11.7. The molecular weight excluding hydrogens is 296 g/mol. The smallest absolute Gasteiger partial charge is 0.337 e. The van der Waals surface area contributed by atoms with Crippen molar-refractivity contribution in [3.8, 4) is 0 Å². The van der Waals surface area contributed by atoms with Gasteiger partial charge in [-0.3, -0.25) is 0 Å². The van der Waals surface area contributed by atoms with Crippen LogP contribution in [0.3, 0.4) is 0 Å². The molecule has 0 spiro atoms. The van der Waals surface area contributed by atoms with E-state index in [4.69, 9.17) is 21.4 Å². The van der Waals surface area contributed by atoms with Crippen LogP contribution in [0, 0.1) is 0 Å². The Morgan fingerprint density at radius 3 is 2.71 bits per heavy atom. The van der Waals surface area contributed by atoms with Gasteiger partial charge in [0, 0.05) is 25.3 Å². The maximum Gasteiger partial charge on any atom is 0.337 e. The fraction of sp³-hybridized carbons (Fsp3) is 0.429. The summed E-state index contributed by atoms with van der Waals surface area (Å²) in [5.41, 5.74) is 0.168. The van der Waals surface area contributed by atoms with Gasteiger partial charge in [-0.05, 0) is 37.5 Å². The molecule has 6 nitrogen and oxygen atoms in total. The molecule has 0 saturated carbocycles. The van der Waals surface area contributed by atoms with Crippen molar-refractivity contribution in [3.05, 3.63) is 28.8 Å². The number of halogens is 1. The van der Waals surface area contributed by atoms with E-state index in [1.54, 1.807) is 7.11 Å². The summed E-state index contributed by atoms with van der Waals surface area (Å²) in [7, 11) is 1.65. The van der Waals surface area contributed by atoms with Crippen LogP contribution in [0.5, 0.6) is 0 Å². The summed E-state index contributed by atoms with van der Waals surface area (Å²) < 4.78 is 4.93. The summed E-state index contributed by atoms with van der Waals surface area (Å²) in [6, 6.07) is 3.84. The van der Waals surface area contributed by atoms with Crippen LogP contribution >= 0.6 is 11.6 Å². The van der Waals surface area contributed by atoms with Crippen LogP contribution in [0.15, 0.2) is 18.2 Å². The third-order valence-corrected chi connectivity index (χ3v) is 3.01. The van der Waals surface area contributed by atoms with Crippen molar-refractivity contribution in [3.63, 3.8) is 0 Å². The number of carboxylic acids is 1. The van der Waals surface area contributed by atoms with Crippen LogP contribution in [-0.4, -0.2) is 37.4 Å². The summed E-state index contributed by atoms with van der Waals surface area (Å²) in [6.45, 7) is 1.23. The van der Waals surface area contributed by atoms with Crippen LogP contribution in [0.4, 0.5) is 10.5 Å². The predicted octanol–water partition coefficient (Wildman–Crippen LogP) is 2.98. The number of methoxy groups -OCH3 is 1. The molecule has 21 heavy (non-hydrogen) atoms. The third kappa shape index (κ3) is 6.46. The minimum absolute atomic E-state index is 0.0438. The van der Waals surface area contributed by atoms with Gasteiger partial charge in [0.2, 0.25) is 0 Å². The Bertz CT molecular complexity index is 494. The van der Waals surface area contributed by atoms with Crippen LogP contribution < -0.4 is 10.6 Å². The topological polar surface area (TPSA) is 87.7 Å². The van der Waals surface area contributed by atoms with Gasteiger partial charge < -0.3 is 20.5 Å². The van der Waals surface area contributed by atoms with Gasteiger partial charge in [-0.15, -0.1) is 0 Å². The van der Waals surface area contributed by atoms with Crippen molar-refractivity contribution >= 4 is 29.3 Å². The number of aromatic carboxylic acids is 1. The number of benzene rings is 1. The highest BCUT2D eigenvalue weighted by Crippen LogP contribution is 2.20. The van der Waals surface area contributed by atoms with Crippen LogP contribution in [0.2, 0.25) is 5.02 Å². The molecule has 0 aliphatic heterocycles. The number of hydrogen-bond donors (Lipinski definition) is 3. The van der Waals surface area contributed by atoms with Crippen LogP contribution in [0.1, 0.15) is 29.6 Å². The van der Waals surface area contributed by atoms with E-state index in [-0.39, 0.29) is 11.3 Å². The third-order valence-electron chi connectivity index (χ3n) is 2.77. The molecule has 1 rings (SSSR count). The zero-order chi connectivity index (χ0) is 15.7. The Morgan fingerprint density at radius 2 is 2.05 bits per heavy atom. The Balaban J connectivity index is 2.43. The van der Waals surface area contributed by atoms with Gasteiger partial charge in [-0.25, -0.2) is 9.59 Å². The summed E-state index contributed by atoms with van der Waals surface area (Å²) in [5.74, 6) is -1.15. The van der Waals surface area contributed by atoms with Crippen molar-refractivity contribution in [1.82, 2.24) is 5.32 Å². The molecular formula is C14H19ClN2O4. The molecule has 1 aromatic rings. The lowest BCUT2D eigenvalue weighted by Crippen LogP contribution is -2.30. The van der Waals surface area contributed by atoms with Crippen LogP contribution in [0.25, 0.3) is 0 Å². The molecule has 0 radical (unpaired) electrons. The van der Waals surface area contributed by atoms with Crippen molar-refractivity contribution in [2.75, 3.05) is 25.6 Å². The van der Waals surface area contributed by atoms with E-state index in [0.29, 0.717) is 18.2 Å². The molecule has 0 aliphatic carbocycles. The minimum Gasteiger partial charge on any atom is -0.478 e. The first-order valence-electron chi connectivity index (χ1n) is 6.61. The van der Waals surface area contributed by atoms with Gasteiger partial charge in [-0.1, -0.05) is 11.6 Å². The number of anilines is 1. The fourth-order valence-corrected chi connectivity index (χ4v) is 1.89. The maximum atomic E-state index is 11.7. The number of carbonyl (C=O) groups is 2. The van der Waals surface area contributed by atoms with Gasteiger partial charge >= 0.3 is 12.0 Å². The average Bonchev–Trinajstić information content (AvgIpc) is 2.44. The lowest BCUT2D eigenvalue weighted by atomic mass is 10.2. The summed E-state index contributed by atoms with van der Waals surface area (Å²) in [4.78, 5) is 22.8. The normalized spacial score (nSPS) is 10.2. The number of carboxylic acid groups (broad SMARTS) is 1. The molecule has 116 valence electrons. The molecule has 2 amide bonds. The molecule has 1 aromatic carbocycles. The van der Waals surface area contributed by atoms with Gasteiger partial charge in [0.05, 0.1) is 11.3 Å². The summed E-state index contributed by atoms with van der Waals surface area (Å²) in [5, 5.41) is 14.5. The highest BCUT2D eigenvalue weighted by Gasteiger charge is 2.12. The zero-order valence-electron chi connectivity index (χ0n) is 11.8. The van der Waals surface area contributed by atoms with E-state index in [2.05, 4.69) is 10.6 Å². The zero-order valence-corrected chi connectivity index (χ0v) is 12.6. The fourth-order valence-electron chi connectivity index (χ4n) is 1.72. The van der Waals surface area contributed by atoms with Crippen LogP contribution in [-0.2, 0) is 4.74 Å². The lowest BCUT2D eigenvalue weighted by Gasteiger charge is -2.10. The number of unbranched alkanes of at least 4 members (excludes halogenated alkanes) is 2. The van der Waals surface area contributed by atoms with Crippen molar-refractivity contribution in [2.45, 2.75) is 19.3 Å². The molecule has 0 fully saturated rings. The van der Waals surface area contributed by atoms with Gasteiger partial charge in [0.1, 0.15) is 0 Å². The highest BCUT2D eigenvalue weighted by molar-refractivity contribution is 6.31. The standard InChI is InChI=1S/C14H19ClN2O4/c1-21-8-4-2-3-7-16-14(20)17-12-6-5-10(15)9-11(12)13(18)19/h5-6,9H,2-4,7-8H2,1H3,(H,18,19)(H2,16,17,20). The molecule has 0 bridgehead atoms. The molecule has 0 atom stereocenters. The number of ether oxygens (including phenoxy) is 1. The number of urea groups is 1. The molecule has 0 aliphatic rings. The minimum atomic E-state index is -1.15. The lowest BCUT2D eigenvalue weighted by molar-refractivity contribution is 0.0698. The number of hydrogen-bond acceptors (Lipinski definition) is 3. The Morgan fingerprint density at radius 1 is 1.29 bits per heavy atom. The Hall–Kier alpha value is -1.79. The number of amides is 2. The second kappa shape index (κ2) is 9.20. The first-order valence-corrected chi connectivity index (χ1v) is 6.99. The molecule has 0 heterocycles. The molecule has 3 N–H and O–H groups in total. The van der Waals surface area contributed by atoms with Gasteiger partial charge in [-0.2, -0.15) is 0 Å². The average molecular weight is 315 g/mol. The van der Waals surface area contributed by atoms with E-state index in [1.807, 2.05) is 0 Å². The Kier molecular flexibility index (Phi) is 7.56. The number of carbonyl (C=O) groups excluding carboxylic acids is 1. The monoisotopic (exact) mass is 314 g/mol. The van der Waals surface area contributed by atoms with E-state index in [0.717, 1.165) is 19.3 Å². The van der Waals surface area contributed by atoms with E-state index >= 15 is 0 Å². The van der Waals surface area contributed by atoms with Crippen molar-refractivity contribution in [1.29, 1.82) is 0 Å². The van der Waals surface area contributed by atoms with Crippen molar-refractivity contribution < 1.29 is 19.4 Å². The number of rotatable bonds is 8. The predicted molar refractivity (Wildman–Crippen MR) is 81.2 cm³/mol. The first-order chi connectivity index (χ1) is 10.0. The van der Waals surface area contributed by atoms with Gasteiger partial charge in [0.25, 0.3) is 0 Å². The summed E-state index contributed by atoms with van der Waals surface area (Å²) in [6.07, 6.45) is 2.73. The molecule has 7 heteroatoms. The largest absolute Gasteiger partial charge is 0.478 e. The second-order valence-corrected chi connectivity index (χ2v) is 4.87. The quantitative estimate of drug-likeness (QED) is 0.644.